The predicted molar refractivity (Wildman–Crippen MR) is 66.5 cm³/mol. The van der Waals surface area contributed by atoms with Gasteiger partial charge in [-0.3, -0.25) is 4.79 Å². The van der Waals surface area contributed by atoms with Crippen LogP contribution in [0.5, 0.6) is 0 Å². The molecule has 1 aliphatic carbocycles. The highest BCUT2D eigenvalue weighted by Crippen LogP contribution is 2.24. The Balaban J connectivity index is 1.71. The quantitative estimate of drug-likeness (QED) is 0.828. The molecule has 1 aromatic rings. The van der Waals surface area contributed by atoms with Crippen LogP contribution in [0.3, 0.4) is 0 Å². The first-order valence-corrected chi connectivity index (χ1v) is 6.22. The Morgan fingerprint density at radius 2 is 2.06 bits per heavy atom. The van der Waals surface area contributed by atoms with Gasteiger partial charge in [0.2, 0.25) is 5.91 Å². The largest absolute Gasteiger partial charge is 0.393 e. The molecule has 0 aliphatic heterocycles. The van der Waals surface area contributed by atoms with Crippen molar-refractivity contribution in [3.05, 3.63) is 35.9 Å². The number of amides is 1. The van der Waals surface area contributed by atoms with Crippen molar-refractivity contribution in [3.8, 4) is 0 Å². The number of hydrogen-bond donors (Lipinski definition) is 2. The molecule has 2 atom stereocenters. The Morgan fingerprint density at radius 3 is 2.71 bits per heavy atom. The number of carbonyl (C=O) groups is 1. The van der Waals surface area contributed by atoms with Gasteiger partial charge in [0.25, 0.3) is 0 Å². The van der Waals surface area contributed by atoms with Crippen LogP contribution < -0.4 is 5.32 Å². The van der Waals surface area contributed by atoms with Crippen molar-refractivity contribution in [2.75, 3.05) is 6.54 Å². The molecular weight excluding hydrogens is 214 g/mol. The summed E-state index contributed by atoms with van der Waals surface area (Å²) in [4.78, 5) is 11.7. The minimum atomic E-state index is -0.161. The molecule has 3 heteroatoms. The third-order valence-electron chi connectivity index (χ3n) is 3.31. The van der Waals surface area contributed by atoms with Gasteiger partial charge in [-0.1, -0.05) is 30.3 Å². The van der Waals surface area contributed by atoms with E-state index in [1.54, 1.807) is 0 Å². The van der Waals surface area contributed by atoms with Gasteiger partial charge in [-0.15, -0.1) is 0 Å². The lowest BCUT2D eigenvalue weighted by Crippen LogP contribution is -2.29. The van der Waals surface area contributed by atoms with Gasteiger partial charge in [-0.2, -0.15) is 0 Å². The van der Waals surface area contributed by atoms with Gasteiger partial charge < -0.3 is 10.4 Å². The summed E-state index contributed by atoms with van der Waals surface area (Å²) >= 11 is 0. The molecule has 92 valence electrons. The number of benzene rings is 1. The van der Waals surface area contributed by atoms with Gasteiger partial charge in [0.15, 0.2) is 0 Å². The van der Waals surface area contributed by atoms with Crippen LogP contribution in [0.25, 0.3) is 0 Å². The first-order valence-electron chi connectivity index (χ1n) is 6.22. The first-order chi connectivity index (χ1) is 8.24. The van der Waals surface area contributed by atoms with E-state index in [0.29, 0.717) is 18.9 Å². The van der Waals surface area contributed by atoms with Crippen molar-refractivity contribution in [1.29, 1.82) is 0 Å². The summed E-state index contributed by atoms with van der Waals surface area (Å²) in [6.45, 7) is 0.697. The van der Waals surface area contributed by atoms with Gasteiger partial charge in [-0.25, -0.2) is 0 Å². The minimum absolute atomic E-state index is 0.0672. The van der Waals surface area contributed by atoms with Crippen LogP contribution in [0.15, 0.2) is 30.3 Å². The molecule has 0 aromatic heterocycles. The van der Waals surface area contributed by atoms with Crippen molar-refractivity contribution in [3.63, 3.8) is 0 Å². The zero-order valence-electron chi connectivity index (χ0n) is 9.93. The number of carbonyl (C=O) groups excluding carboxylic acids is 1. The van der Waals surface area contributed by atoms with Crippen LogP contribution in [-0.2, 0) is 11.2 Å². The van der Waals surface area contributed by atoms with Crippen LogP contribution >= 0.6 is 0 Å². The molecular formula is C14H19NO2. The molecule has 1 saturated carbocycles. The number of aliphatic hydroxyl groups is 1. The van der Waals surface area contributed by atoms with Crippen molar-refractivity contribution in [2.45, 2.75) is 31.8 Å². The molecule has 0 heterocycles. The molecule has 2 rings (SSSR count). The summed E-state index contributed by atoms with van der Waals surface area (Å²) in [6.07, 6.45) is 3.00. The van der Waals surface area contributed by atoms with Crippen molar-refractivity contribution in [1.82, 2.24) is 5.32 Å². The molecule has 0 saturated heterocycles. The van der Waals surface area contributed by atoms with E-state index in [0.717, 1.165) is 24.8 Å². The third-order valence-corrected chi connectivity index (χ3v) is 3.31. The lowest BCUT2D eigenvalue weighted by molar-refractivity contribution is -0.120. The van der Waals surface area contributed by atoms with Crippen LogP contribution in [0, 0.1) is 5.92 Å². The Labute approximate surface area is 102 Å². The monoisotopic (exact) mass is 233 g/mol. The standard InChI is InChI=1S/C14H19NO2/c16-13-7-6-12(8-13)10-15-14(17)9-11-4-2-1-3-5-11/h1-5,12-13,16H,6-10H2,(H,15,17). The minimum Gasteiger partial charge on any atom is -0.393 e. The molecule has 2 unspecified atom stereocenters. The number of nitrogens with one attached hydrogen (secondary N) is 1. The number of aliphatic hydroxyl groups excluding tert-OH is 1. The van der Waals surface area contributed by atoms with E-state index in [9.17, 15) is 9.90 Å². The lowest BCUT2D eigenvalue weighted by atomic mass is 10.1. The maximum atomic E-state index is 11.7. The van der Waals surface area contributed by atoms with Gasteiger partial charge >= 0.3 is 0 Å². The van der Waals surface area contributed by atoms with Crippen LogP contribution in [-0.4, -0.2) is 23.7 Å². The van der Waals surface area contributed by atoms with Crippen LogP contribution in [0.4, 0.5) is 0 Å². The van der Waals surface area contributed by atoms with E-state index in [-0.39, 0.29) is 12.0 Å². The van der Waals surface area contributed by atoms with Crippen molar-refractivity contribution >= 4 is 5.91 Å². The van der Waals surface area contributed by atoms with Crippen LogP contribution in [0.2, 0.25) is 0 Å². The van der Waals surface area contributed by atoms with Crippen molar-refractivity contribution in [2.24, 2.45) is 5.92 Å². The van der Waals surface area contributed by atoms with E-state index in [2.05, 4.69) is 5.32 Å². The highest BCUT2D eigenvalue weighted by atomic mass is 16.3. The predicted octanol–water partition coefficient (Wildman–Crippen LogP) is 1.51. The molecule has 0 radical (unpaired) electrons. The van der Waals surface area contributed by atoms with Gasteiger partial charge in [0.1, 0.15) is 0 Å². The number of hydrogen-bond acceptors (Lipinski definition) is 2. The molecule has 1 amide bonds. The highest BCUT2D eigenvalue weighted by Gasteiger charge is 2.22. The van der Waals surface area contributed by atoms with E-state index >= 15 is 0 Å². The zero-order valence-corrected chi connectivity index (χ0v) is 9.93. The molecule has 0 bridgehead atoms. The summed E-state index contributed by atoms with van der Waals surface area (Å²) in [6, 6.07) is 9.74. The van der Waals surface area contributed by atoms with Crippen LogP contribution in [0.1, 0.15) is 24.8 Å². The normalized spacial score (nSPS) is 23.6. The topological polar surface area (TPSA) is 49.3 Å². The second-order valence-corrected chi connectivity index (χ2v) is 4.80. The molecule has 1 aromatic carbocycles. The molecule has 1 fully saturated rings. The third kappa shape index (κ3) is 3.86. The maximum absolute atomic E-state index is 11.7. The summed E-state index contributed by atoms with van der Waals surface area (Å²) in [5, 5.41) is 12.3. The average Bonchev–Trinajstić information content (AvgIpc) is 2.74. The van der Waals surface area contributed by atoms with Gasteiger partial charge in [0, 0.05) is 6.54 Å². The fraction of sp³-hybridized carbons (Fsp3) is 0.500. The van der Waals surface area contributed by atoms with E-state index < -0.39 is 0 Å². The van der Waals surface area contributed by atoms with Gasteiger partial charge in [-0.05, 0) is 30.7 Å². The number of rotatable bonds is 4. The smallest absolute Gasteiger partial charge is 0.224 e. The Kier molecular flexibility index (Phi) is 4.15. The lowest BCUT2D eigenvalue weighted by Gasteiger charge is -2.10. The Hall–Kier alpha value is -1.35. The fourth-order valence-corrected chi connectivity index (χ4v) is 2.34. The molecule has 17 heavy (non-hydrogen) atoms. The van der Waals surface area contributed by atoms with Crippen molar-refractivity contribution < 1.29 is 9.90 Å². The second kappa shape index (κ2) is 5.82. The summed E-state index contributed by atoms with van der Waals surface area (Å²) in [5.41, 5.74) is 1.04. The SMILES string of the molecule is O=C(Cc1ccccc1)NCC1CCC(O)C1. The molecule has 2 N–H and O–H groups in total. The van der Waals surface area contributed by atoms with E-state index in [1.807, 2.05) is 30.3 Å². The Morgan fingerprint density at radius 1 is 1.29 bits per heavy atom. The van der Waals surface area contributed by atoms with E-state index in [4.69, 9.17) is 0 Å². The zero-order chi connectivity index (χ0) is 12.1. The van der Waals surface area contributed by atoms with E-state index in [1.165, 1.54) is 0 Å². The fourth-order valence-electron chi connectivity index (χ4n) is 2.34. The summed E-state index contributed by atoms with van der Waals surface area (Å²) in [7, 11) is 0. The molecule has 0 spiro atoms. The average molecular weight is 233 g/mol. The summed E-state index contributed by atoms with van der Waals surface area (Å²) in [5.74, 6) is 0.516. The second-order valence-electron chi connectivity index (χ2n) is 4.80. The Bertz CT molecular complexity index is 364. The highest BCUT2D eigenvalue weighted by molar-refractivity contribution is 5.78. The molecule has 1 aliphatic rings. The summed E-state index contributed by atoms with van der Waals surface area (Å²) < 4.78 is 0. The maximum Gasteiger partial charge on any atom is 0.224 e. The molecule has 3 nitrogen and oxygen atoms in total. The first kappa shape index (κ1) is 12.1. The van der Waals surface area contributed by atoms with Gasteiger partial charge in [0.05, 0.1) is 12.5 Å².